The number of aryl methyl sites for hydroxylation is 1. The molecule has 0 saturated heterocycles. The highest BCUT2D eigenvalue weighted by Crippen LogP contribution is 2.25. The average Bonchev–Trinajstić information content (AvgIpc) is 3.22. The third-order valence-corrected chi connectivity index (χ3v) is 5.58. The van der Waals surface area contributed by atoms with Gasteiger partial charge in [-0.15, -0.1) is 0 Å². The van der Waals surface area contributed by atoms with Crippen molar-refractivity contribution in [1.82, 2.24) is 14.5 Å². The minimum absolute atomic E-state index is 0.120. The minimum atomic E-state index is -0.569. The molecule has 1 N–H and O–H groups in total. The van der Waals surface area contributed by atoms with Gasteiger partial charge in [-0.3, -0.25) is 19.1 Å². The maximum atomic E-state index is 12.6. The third kappa shape index (κ3) is 4.08. The molecule has 0 atom stereocenters. The SMILES string of the molecule is CC(C)CCN1C(=O)c2ccc(C(=O)OCCCn3c(=O)[nH]c4ccccc43)cc2C1=O. The molecule has 2 heterocycles. The number of H-pyrrole nitrogens is 1. The number of esters is 1. The standard InChI is InChI=1S/C24H25N3O5/c1-15(2)10-12-27-21(28)17-9-8-16(14-18(17)22(27)29)23(30)32-13-5-11-26-20-7-4-3-6-19(20)25-24(26)31/h3-4,6-9,14-15H,5,10-13H2,1-2H3,(H,25,31). The number of imidazole rings is 1. The Balaban J connectivity index is 1.37. The molecule has 4 rings (SSSR count). The molecule has 32 heavy (non-hydrogen) atoms. The summed E-state index contributed by atoms with van der Waals surface area (Å²) in [5.41, 5.74) is 2.12. The fourth-order valence-electron chi connectivity index (χ4n) is 3.81. The van der Waals surface area contributed by atoms with Gasteiger partial charge in [0, 0.05) is 13.1 Å². The Kier molecular flexibility index (Phi) is 5.94. The van der Waals surface area contributed by atoms with Crippen LogP contribution in [0.3, 0.4) is 0 Å². The molecule has 0 saturated carbocycles. The van der Waals surface area contributed by atoms with Gasteiger partial charge in [0.05, 0.1) is 34.3 Å². The number of aromatic amines is 1. The maximum Gasteiger partial charge on any atom is 0.338 e. The van der Waals surface area contributed by atoms with E-state index in [0.717, 1.165) is 17.5 Å². The van der Waals surface area contributed by atoms with Crippen LogP contribution in [0, 0.1) is 5.92 Å². The van der Waals surface area contributed by atoms with Crippen LogP contribution in [-0.4, -0.2) is 45.4 Å². The zero-order valence-corrected chi connectivity index (χ0v) is 18.1. The number of benzene rings is 2. The second-order valence-electron chi connectivity index (χ2n) is 8.29. The number of amides is 2. The van der Waals surface area contributed by atoms with Crippen LogP contribution in [0.1, 0.15) is 57.8 Å². The lowest BCUT2D eigenvalue weighted by Crippen LogP contribution is -2.31. The number of aromatic nitrogens is 2. The summed E-state index contributed by atoms with van der Waals surface area (Å²) in [6.07, 6.45) is 1.18. The molecule has 1 aromatic heterocycles. The first-order valence-corrected chi connectivity index (χ1v) is 10.7. The molecule has 0 fully saturated rings. The van der Waals surface area contributed by atoms with Crippen LogP contribution in [0.25, 0.3) is 11.0 Å². The lowest BCUT2D eigenvalue weighted by atomic mass is 10.1. The molecular formula is C24H25N3O5. The number of hydrogen-bond acceptors (Lipinski definition) is 5. The van der Waals surface area contributed by atoms with Crippen molar-refractivity contribution in [2.75, 3.05) is 13.2 Å². The molecule has 0 bridgehead atoms. The molecule has 0 aliphatic carbocycles. The minimum Gasteiger partial charge on any atom is -0.462 e. The second kappa shape index (κ2) is 8.82. The van der Waals surface area contributed by atoms with E-state index >= 15 is 0 Å². The Morgan fingerprint density at radius 1 is 1.00 bits per heavy atom. The van der Waals surface area contributed by atoms with Gasteiger partial charge in [0.25, 0.3) is 11.8 Å². The fourth-order valence-corrected chi connectivity index (χ4v) is 3.81. The van der Waals surface area contributed by atoms with Crippen molar-refractivity contribution in [3.8, 4) is 0 Å². The van der Waals surface area contributed by atoms with Crippen LogP contribution >= 0.6 is 0 Å². The Morgan fingerprint density at radius 2 is 1.75 bits per heavy atom. The van der Waals surface area contributed by atoms with E-state index in [-0.39, 0.29) is 35.2 Å². The zero-order valence-electron chi connectivity index (χ0n) is 18.1. The van der Waals surface area contributed by atoms with Gasteiger partial charge in [0.2, 0.25) is 0 Å². The molecule has 1 aliphatic heterocycles. The molecule has 1 aliphatic rings. The van der Waals surface area contributed by atoms with Gasteiger partial charge in [0.1, 0.15) is 0 Å². The van der Waals surface area contributed by atoms with Gasteiger partial charge in [-0.05, 0) is 49.1 Å². The zero-order chi connectivity index (χ0) is 22.8. The van der Waals surface area contributed by atoms with Crippen LogP contribution in [-0.2, 0) is 11.3 Å². The number of fused-ring (bicyclic) bond motifs is 2. The first kappa shape index (κ1) is 21.5. The highest BCUT2D eigenvalue weighted by molar-refractivity contribution is 6.21. The largest absolute Gasteiger partial charge is 0.462 e. The number of para-hydroxylation sites is 2. The van der Waals surface area contributed by atoms with E-state index in [1.54, 1.807) is 4.57 Å². The number of rotatable bonds is 8. The van der Waals surface area contributed by atoms with Crippen molar-refractivity contribution < 1.29 is 19.1 Å². The van der Waals surface area contributed by atoms with Crippen LogP contribution in [0.4, 0.5) is 0 Å². The first-order chi connectivity index (χ1) is 15.4. The second-order valence-corrected chi connectivity index (χ2v) is 8.29. The predicted molar refractivity (Wildman–Crippen MR) is 119 cm³/mol. The summed E-state index contributed by atoms with van der Waals surface area (Å²) in [4.78, 5) is 53.7. The van der Waals surface area contributed by atoms with Crippen molar-refractivity contribution in [1.29, 1.82) is 0 Å². The average molecular weight is 435 g/mol. The van der Waals surface area contributed by atoms with Gasteiger partial charge in [-0.2, -0.15) is 0 Å². The quantitative estimate of drug-likeness (QED) is 0.333. The number of imide groups is 1. The van der Waals surface area contributed by atoms with Crippen LogP contribution in [0.5, 0.6) is 0 Å². The van der Waals surface area contributed by atoms with Gasteiger partial charge < -0.3 is 9.72 Å². The van der Waals surface area contributed by atoms with E-state index in [2.05, 4.69) is 4.98 Å². The first-order valence-electron chi connectivity index (χ1n) is 10.7. The summed E-state index contributed by atoms with van der Waals surface area (Å²) >= 11 is 0. The monoisotopic (exact) mass is 435 g/mol. The number of ether oxygens (including phenoxy) is 1. The highest BCUT2D eigenvalue weighted by Gasteiger charge is 2.35. The summed E-state index contributed by atoms with van der Waals surface area (Å²) in [6, 6.07) is 11.8. The summed E-state index contributed by atoms with van der Waals surface area (Å²) in [6.45, 7) is 4.94. The highest BCUT2D eigenvalue weighted by atomic mass is 16.5. The lowest BCUT2D eigenvalue weighted by molar-refractivity contribution is 0.0495. The number of carbonyl (C=O) groups excluding carboxylic acids is 3. The number of carbonyl (C=O) groups is 3. The van der Waals surface area contributed by atoms with Crippen LogP contribution < -0.4 is 5.69 Å². The van der Waals surface area contributed by atoms with E-state index in [0.29, 0.717) is 31.0 Å². The van der Waals surface area contributed by atoms with Gasteiger partial charge in [0.15, 0.2) is 0 Å². The molecular weight excluding hydrogens is 410 g/mol. The third-order valence-electron chi connectivity index (χ3n) is 5.58. The summed E-state index contributed by atoms with van der Waals surface area (Å²) in [5, 5.41) is 0. The predicted octanol–water partition coefficient (Wildman–Crippen LogP) is 3.22. The van der Waals surface area contributed by atoms with E-state index in [9.17, 15) is 19.2 Å². The number of nitrogens with one attached hydrogen (secondary N) is 1. The van der Waals surface area contributed by atoms with E-state index in [4.69, 9.17) is 4.74 Å². The van der Waals surface area contributed by atoms with Crippen molar-refractivity contribution in [3.63, 3.8) is 0 Å². The van der Waals surface area contributed by atoms with E-state index in [1.165, 1.54) is 23.1 Å². The summed E-state index contributed by atoms with van der Waals surface area (Å²) < 4.78 is 6.94. The van der Waals surface area contributed by atoms with E-state index in [1.807, 2.05) is 38.1 Å². The van der Waals surface area contributed by atoms with Crippen LogP contribution in [0.2, 0.25) is 0 Å². The molecule has 0 radical (unpaired) electrons. The van der Waals surface area contributed by atoms with Crippen molar-refractivity contribution in [3.05, 3.63) is 69.6 Å². The molecule has 166 valence electrons. The molecule has 3 aromatic rings. The molecule has 2 amide bonds. The fraction of sp³-hybridized carbons (Fsp3) is 0.333. The van der Waals surface area contributed by atoms with Crippen molar-refractivity contribution >= 4 is 28.8 Å². The maximum absolute atomic E-state index is 12.6. The van der Waals surface area contributed by atoms with Crippen LogP contribution in [0.15, 0.2) is 47.3 Å². The number of hydrogen-bond donors (Lipinski definition) is 1. The molecule has 8 heteroatoms. The summed E-state index contributed by atoms with van der Waals surface area (Å²) in [7, 11) is 0. The molecule has 0 unspecified atom stereocenters. The Hall–Kier alpha value is -3.68. The molecule has 2 aromatic carbocycles. The number of nitrogens with zero attached hydrogens (tertiary/aromatic N) is 2. The topological polar surface area (TPSA) is 101 Å². The van der Waals surface area contributed by atoms with Gasteiger partial charge in [-0.25, -0.2) is 9.59 Å². The normalized spacial score (nSPS) is 13.3. The molecule has 0 spiro atoms. The molecule has 8 nitrogen and oxygen atoms in total. The smallest absolute Gasteiger partial charge is 0.338 e. The van der Waals surface area contributed by atoms with E-state index < -0.39 is 5.97 Å². The Bertz CT molecular complexity index is 1250. The lowest BCUT2D eigenvalue weighted by Gasteiger charge is -2.14. The Labute approximate surface area is 184 Å². The van der Waals surface area contributed by atoms with Crippen molar-refractivity contribution in [2.45, 2.75) is 33.2 Å². The van der Waals surface area contributed by atoms with Crippen molar-refractivity contribution in [2.24, 2.45) is 5.92 Å². The summed E-state index contributed by atoms with van der Waals surface area (Å²) in [5.74, 6) is -0.904. The van der Waals surface area contributed by atoms with Gasteiger partial charge >= 0.3 is 11.7 Å². The Morgan fingerprint density at radius 3 is 2.53 bits per heavy atom. The van der Waals surface area contributed by atoms with Gasteiger partial charge in [-0.1, -0.05) is 26.0 Å².